The summed E-state index contributed by atoms with van der Waals surface area (Å²) < 4.78 is 1.93. The number of hydrogen-bond acceptors (Lipinski definition) is 4. The highest BCUT2D eigenvalue weighted by Crippen LogP contribution is 2.07. The van der Waals surface area contributed by atoms with E-state index in [2.05, 4.69) is 46.2 Å². The van der Waals surface area contributed by atoms with Crippen molar-refractivity contribution in [3.8, 4) is 0 Å². The number of aromatic nitrogens is 3. The maximum absolute atomic E-state index is 5.70. The molecule has 2 aromatic rings. The van der Waals surface area contributed by atoms with Gasteiger partial charge in [-0.05, 0) is 12.5 Å². The highest BCUT2D eigenvalue weighted by molar-refractivity contribution is 5.85. The van der Waals surface area contributed by atoms with Gasteiger partial charge in [0.05, 0.1) is 6.54 Å². The van der Waals surface area contributed by atoms with Crippen molar-refractivity contribution in [2.24, 2.45) is 5.73 Å². The van der Waals surface area contributed by atoms with Gasteiger partial charge in [-0.15, -0.1) is 12.4 Å². The highest BCUT2D eigenvalue weighted by Gasteiger charge is 2.10. The molecule has 0 aliphatic carbocycles. The molecule has 0 atom stereocenters. The summed E-state index contributed by atoms with van der Waals surface area (Å²) in [5.74, 6) is 0.992. The third-order valence-corrected chi connectivity index (χ3v) is 3.05. The van der Waals surface area contributed by atoms with Crippen LogP contribution < -0.4 is 5.73 Å². The topological polar surface area (TPSA) is 60.0 Å². The lowest BCUT2D eigenvalue weighted by molar-refractivity contribution is 0.252. The van der Waals surface area contributed by atoms with Crippen LogP contribution in [0.2, 0.25) is 0 Å². The maximum Gasteiger partial charge on any atom is 0.141 e. The summed E-state index contributed by atoms with van der Waals surface area (Å²) in [7, 11) is 0. The first-order valence-corrected chi connectivity index (χ1v) is 6.66. The Hall–Kier alpha value is -1.43. The molecular formula is C14H22ClN5. The molecule has 0 fully saturated rings. The molecule has 0 amide bonds. The Morgan fingerprint density at radius 1 is 1.20 bits per heavy atom. The Kier molecular flexibility index (Phi) is 7.22. The van der Waals surface area contributed by atoms with E-state index in [4.69, 9.17) is 5.73 Å². The Balaban J connectivity index is 0.00000200. The summed E-state index contributed by atoms with van der Waals surface area (Å²) >= 11 is 0. The molecule has 110 valence electrons. The molecule has 2 N–H and O–H groups in total. The fourth-order valence-corrected chi connectivity index (χ4v) is 2.11. The summed E-state index contributed by atoms with van der Waals surface area (Å²) in [6, 6.07) is 10.4. The lowest BCUT2D eigenvalue weighted by Gasteiger charge is -2.21. The van der Waals surface area contributed by atoms with Gasteiger partial charge in [0.2, 0.25) is 0 Å². The minimum absolute atomic E-state index is 0. The fourth-order valence-electron chi connectivity index (χ4n) is 2.11. The summed E-state index contributed by atoms with van der Waals surface area (Å²) in [6.45, 7) is 6.08. The van der Waals surface area contributed by atoms with Crippen molar-refractivity contribution < 1.29 is 0 Å². The van der Waals surface area contributed by atoms with Crippen LogP contribution in [0.3, 0.4) is 0 Å². The number of halogens is 1. The van der Waals surface area contributed by atoms with Crippen LogP contribution >= 0.6 is 12.4 Å². The minimum atomic E-state index is 0. The zero-order valence-corrected chi connectivity index (χ0v) is 12.6. The molecule has 0 unspecified atom stereocenters. The second kappa shape index (κ2) is 8.68. The number of aryl methyl sites for hydroxylation is 1. The number of nitrogens with zero attached hydrogens (tertiary/aromatic N) is 4. The highest BCUT2D eigenvalue weighted by atomic mass is 35.5. The van der Waals surface area contributed by atoms with Gasteiger partial charge < -0.3 is 5.73 Å². The van der Waals surface area contributed by atoms with Gasteiger partial charge in [-0.25, -0.2) is 9.67 Å². The molecule has 1 heterocycles. The molecule has 20 heavy (non-hydrogen) atoms. The molecule has 6 heteroatoms. The molecular weight excluding hydrogens is 274 g/mol. The first kappa shape index (κ1) is 16.6. The van der Waals surface area contributed by atoms with Crippen LogP contribution in [0, 0.1) is 0 Å². The Bertz CT molecular complexity index is 485. The Morgan fingerprint density at radius 3 is 2.60 bits per heavy atom. The zero-order valence-electron chi connectivity index (χ0n) is 11.8. The van der Waals surface area contributed by atoms with Crippen LogP contribution in [0.25, 0.3) is 0 Å². The van der Waals surface area contributed by atoms with Crippen molar-refractivity contribution in [1.29, 1.82) is 0 Å². The maximum atomic E-state index is 5.70. The molecule has 0 aliphatic heterocycles. The van der Waals surface area contributed by atoms with Gasteiger partial charge in [0, 0.05) is 26.2 Å². The average molecular weight is 296 g/mol. The van der Waals surface area contributed by atoms with Crippen LogP contribution in [-0.2, 0) is 19.6 Å². The number of hydrogen-bond donors (Lipinski definition) is 1. The first-order valence-electron chi connectivity index (χ1n) is 6.66. The van der Waals surface area contributed by atoms with Crippen molar-refractivity contribution in [3.63, 3.8) is 0 Å². The van der Waals surface area contributed by atoms with E-state index in [-0.39, 0.29) is 12.4 Å². The molecule has 0 spiro atoms. The zero-order chi connectivity index (χ0) is 13.5. The first-order chi connectivity index (χ1) is 9.33. The summed E-state index contributed by atoms with van der Waals surface area (Å²) in [5.41, 5.74) is 6.99. The van der Waals surface area contributed by atoms with E-state index in [0.717, 1.165) is 32.0 Å². The average Bonchev–Trinajstić information content (AvgIpc) is 2.87. The lowest BCUT2D eigenvalue weighted by Crippen LogP contribution is -2.30. The van der Waals surface area contributed by atoms with E-state index in [0.29, 0.717) is 6.54 Å². The second-order valence-corrected chi connectivity index (χ2v) is 4.48. The lowest BCUT2D eigenvalue weighted by atomic mass is 10.2. The Morgan fingerprint density at radius 2 is 1.95 bits per heavy atom. The number of rotatable bonds is 7. The second-order valence-electron chi connectivity index (χ2n) is 4.48. The van der Waals surface area contributed by atoms with E-state index >= 15 is 0 Å². The molecule has 0 saturated heterocycles. The van der Waals surface area contributed by atoms with Crippen molar-refractivity contribution in [2.75, 3.05) is 13.1 Å². The van der Waals surface area contributed by atoms with Crippen molar-refractivity contribution >= 4 is 12.4 Å². The van der Waals surface area contributed by atoms with Crippen LogP contribution in [0.15, 0.2) is 36.7 Å². The van der Waals surface area contributed by atoms with E-state index < -0.39 is 0 Å². The summed E-state index contributed by atoms with van der Waals surface area (Å²) in [6.07, 6.45) is 1.61. The van der Waals surface area contributed by atoms with Gasteiger partial charge in [-0.3, -0.25) is 4.90 Å². The van der Waals surface area contributed by atoms with Crippen molar-refractivity contribution in [1.82, 2.24) is 19.7 Å². The van der Waals surface area contributed by atoms with Crippen LogP contribution in [0.4, 0.5) is 0 Å². The van der Waals surface area contributed by atoms with E-state index in [1.807, 2.05) is 10.7 Å². The minimum Gasteiger partial charge on any atom is -0.329 e. The van der Waals surface area contributed by atoms with Crippen molar-refractivity contribution in [3.05, 3.63) is 48.0 Å². The molecule has 1 aromatic heterocycles. The van der Waals surface area contributed by atoms with Crippen LogP contribution in [0.1, 0.15) is 18.3 Å². The van der Waals surface area contributed by atoms with Gasteiger partial charge in [0.15, 0.2) is 0 Å². The van der Waals surface area contributed by atoms with E-state index in [9.17, 15) is 0 Å². The summed E-state index contributed by atoms with van der Waals surface area (Å²) in [5, 5.41) is 4.20. The fraction of sp³-hybridized carbons (Fsp3) is 0.429. The normalized spacial score (nSPS) is 10.6. The molecule has 5 nitrogen and oxygen atoms in total. The van der Waals surface area contributed by atoms with Crippen LogP contribution in [0.5, 0.6) is 0 Å². The third-order valence-electron chi connectivity index (χ3n) is 3.05. The van der Waals surface area contributed by atoms with Gasteiger partial charge in [0.25, 0.3) is 0 Å². The number of benzene rings is 1. The molecule has 2 rings (SSSR count). The predicted octanol–water partition coefficient (Wildman–Crippen LogP) is 1.68. The molecule has 0 bridgehead atoms. The molecule has 0 aliphatic rings. The smallest absolute Gasteiger partial charge is 0.141 e. The van der Waals surface area contributed by atoms with E-state index in [1.54, 1.807) is 6.33 Å². The number of nitrogens with two attached hydrogens (primary N) is 1. The monoisotopic (exact) mass is 295 g/mol. The quantitative estimate of drug-likeness (QED) is 0.844. The molecule has 0 saturated carbocycles. The van der Waals surface area contributed by atoms with Gasteiger partial charge in [-0.2, -0.15) is 5.10 Å². The van der Waals surface area contributed by atoms with E-state index in [1.165, 1.54) is 5.56 Å². The Labute approximate surface area is 126 Å². The van der Waals surface area contributed by atoms with Gasteiger partial charge in [-0.1, -0.05) is 30.3 Å². The summed E-state index contributed by atoms with van der Waals surface area (Å²) in [4.78, 5) is 6.62. The molecule has 1 aromatic carbocycles. The third kappa shape index (κ3) is 4.59. The van der Waals surface area contributed by atoms with Crippen molar-refractivity contribution in [2.45, 2.75) is 26.6 Å². The predicted molar refractivity (Wildman–Crippen MR) is 82.6 cm³/mol. The largest absolute Gasteiger partial charge is 0.329 e. The van der Waals surface area contributed by atoms with Gasteiger partial charge in [0.1, 0.15) is 12.2 Å². The standard InChI is InChI=1S/C14H21N5.ClH/c1-2-19-14(16-12-17-19)11-18(9-8-15)10-13-6-4-3-5-7-13;/h3-7,12H,2,8-11,15H2,1H3;1H. The van der Waals surface area contributed by atoms with Crippen LogP contribution in [-0.4, -0.2) is 32.8 Å². The SMILES string of the molecule is CCn1ncnc1CN(CCN)Cc1ccccc1.Cl. The van der Waals surface area contributed by atoms with Gasteiger partial charge >= 0.3 is 0 Å². The molecule has 0 radical (unpaired) electrons.